The summed E-state index contributed by atoms with van der Waals surface area (Å²) in [7, 11) is 1.37. The van der Waals surface area contributed by atoms with Gasteiger partial charge >= 0.3 is 5.97 Å². The average Bonchev–Trinajstić information content (AvgIpc) is 2.36. The molecule has 100 valence electrons. The zero-order valence-corrected chi connectivity index (χ0v) is 11.7. The standard InChI is InChI=1S/C15H23NO2/c1-10(2)12-6-5-11(3)13(9-12)7-8-14(16)15(17)18-4/h5-6,9-10,14H,7-8,16H2,1-4H3. The Hall–Kier alpha value is -1.35. The van der Waals surface area contributed by atoms with Crippen LogP contribution >= 0.6 is 0 Å². The second kappa shape index (κ2) is 6.55. The van der Waals surface area contributed by atoms with E-state index < -0.39 is 6.04 Å². The van der Waals surface area contributed by atoms with Crippen molar-refractivity contribution in [1.82, 2.24) is 0 Å². The Labute approximate surface area is 109 Å². The molecule has 0 bridgehead atoms. The number of aryl methyl sites for hydroxylation is 2. The third-order valence-electron chi connectivity index (χ3n) is 3.27. The van der Waals surface area contributed by atoms with Crippen molar-refractivity contribution in [2.24, 2.45) is 5.73 Å². The van der Waals surface area contributed by atoms with E-state index in [1.807, 2.05) is 0 Å². The van der Waals surface area contributed by atoms with E-state index in [1.165, 1.54) is 23.8 Å². The van der Waals surface area contributed by atoms with Gasteiger partial charge in [0, 0.05) is 0 Å². The molecule has 1 aromatic carbocycles. The number of esters is 1. The summed E-state index contributed by atoms with van der Waals surface area (Å²) in [5.41, 5.74) is 9.58. The average molecular weight is 249 g/mol. The van der Waals surface area contributed by atoms with Crippen LogP contribution in [-0.2, 0) is 16.0 Å². The maximum atomic E-state index is 11.2. The lowest BCUT2D eigenvalue weighted by Crippen LogP contribution is -2.32. The van der Waals surface area contributed by atoms with Crippen molar-refractivity contribution in [2.45, 2.75) is 45.6 Å². The van der Waals surface area contributed by atoms with Crippen LogP contribution in [0, 0.1) is 6.92 Å². The molecule has 1 rings (SSSR count). The molecule has 0 spiro atoms. The first-order valence-corrected chi connectivity index (χ1v) is 6.38. The van der Waals surface area contributed by atoms with E-state index >= 15 is 0 Å². The molecule has 3 heteroatoms. The highest BCUT2D eigenvalue weighted by Gasteiger charge is 2.14. The normalized spacial score (nSPS) is 12.6. The zero-order chi connectivity index (χ0) is 13.7. The predicted octanol–water partition coefficient (Wildman–Crippen LogP) is 2.55. The minimum atomic E-state index is -0.530. The van der Waals surface area contributed by atoms with Crippen LogP contribution in [0.25, 0.3) is 0 Å². The number of carbonyl (C=O) groups is 1. The zero-order valence-electron chi connectivity index (χ0n) is 11.7. The van der Waals surface area contributed by atoms with Crippen LogP contribution in [0.1, 0.15) is 42.9 Å². The monoisotopic (exact) mass is 249 g/mol. The Morgan fingerprint density at radius 3 is 2.61 bits per heavy atom. The van der Waals surface area contributed by atoms with Crippen molar-refractivity contribution in [2.75, 3.05) is 7.11 Å². The molecule has 3 nitrogen and oxygen atoms in total. The fourth-order valence-corrected chi connectivity index (χ4v) is 1.90. The fraction of sp³-hybridized carbons (Fsp3) is 0.533. The molecule has 0 saturated carbocycles. The van der Waals surface area contributed by atoms with Crippen LogP contribution in [0.5, 0.6) is 0 Å². The molecule has 0 saturated heterocycles. The van der Waals surface area contributed by atoms with Crippen LogP contribution in [0.4, 0.5) is 0 Å². The lowest BCUT2D eigenvalue weighted by molar-refractivity contribution is -0.142. The molecule has 1 aromatic rings. The summed E-state index contributed by atoms with van der Waals surface area (Å²) in [6.07, 6.45) is 1.43. The molecule has 1 atom stereocenters. The second-order valence-electron chi connectivity index (χ2n) is 5.01. The first-order valence-electron chi connectivity index (χ1n) is 6.38. The SMILES string of the molecule is COC(=O)C(N)CCc1cc(C(C)C)ccc1C. The van der Waals surface area contributed by atoms with E-state index in [9.17, 15) is 4.79 Å². The smallest absolute Gasteiger partial charge is 0.322 e. The van der Waals surface area contributed by atoms with Crippen LogP contribution in [0.2, 0.25) is 0 Å². The number of ether oxygens (including phenoxy) is 1. The molecule has 0 aliphatic heterocycles. The second-order valence-corrected chi connectivity index (χ2v) is 5.01. The van der Waals surface area contributed by atoms with Gasteiger partial charge in [0.15, 0.2) is 0 Å². The van der Waals surface area contributed by atoms with Crippen LogP contribution in [0.3, 0.4) is 0 Å². The first-order chi connectivity index (χ1) is 8.45. The summed E-state index contributed by atoms with van der Waals surface area (Å²) < 4.78 is 4.63. The van der Waals surface area contributed by atoms with Gasteiger partial charge in [0.25, 0.3) is 0 Å². The van der Waals surface area contributed by atoms with Crippen LogP contribution in [0.15, 0.2) is 18.2 Å². The van der Waals surface area contributed by atoms with Gasteiger partial charge in [-0.3, -0.25) is 4.79 Å². The molecule has 0 aliphatic rings. The molecule has 0 fully saturated rings. The van der Waals surface area contributed by atoms with Crippen molar-refractivity contribution in [3.8, 4) is 0 Å². The highest BCUT2D eigenvalue weighted by molar-refractivity contribution is 5.75. The molecule has 0 aliphatic carbocycles. The minimum absolute atomic E-state index is 0.340. The summed E-state index contributed by atoms with van der Waals surface area (Å²) in [5.74, 6) is 0.172. The van der Waals surface area contributed by atoms with Gasteiger partial charge in [-0.2, -0.15) is 0 Å². The highest BCUT2D eigenvalue weighted by atomic mass is 16.5. The van der Waals surface area contributed by atoms with Crippen molar-refractivity contribution in [1.29, 1.82) is 0 Å². The highest BCUT2D eigenvalue weighted by Crippen LogP contribution is 2.20. The van der Waals surface area contributed by atoms with Crippen molar-refractivity contribution >= 4 is 5.97 Å². The quantitative estimate of drug-likeness (QED) is 0.816. The van der Waals surface area contributed by atoms with Gasteiger partial charge in [0.1, 0.15) is 6.04 Å². The molecule has 0 radical (unpaired) electrons. The van der Waals surface area contributed by atoms with Crippen LogP contribution in [-0.4, -0.2) is 19.1 Å². The number of nitrogens with two attached hydrogens (primary N) is 1. The van der Waals surface area contributed by atoms with Gasteiger partial charge in [-0.25, -0.2) is 0 Å². The number of benzene rings is 1. The number of hydrogen-bond acceptors (Lipinski definition) is 3. The summed E-state index contributed by atoms with van der Waals surface area (Å²) in [4.78, 5) is 11.2. The largest absolute Gasteiger partial charge is 0.468 e. The number of methoxy groups -OCH3 is 1. The minimum Gasteiger partial charge on any atom is -0.468 e. The molecule has 2 N–H and O–H groups in total. The molecule has 18 heavy (non-hydrogen) atoms. The Morgan fingerprint density at radius 1 is 1.39 bits per heavy atom. The van der Waals surface area contributed by atoms with E-state index in [1.54, 1.807) is 0 Å². The first kappa shape index (κ1) is 14.7. The van der Waals surface area contributed by atoms with Crippen molar-refractivity contribution < 1.29 is 9.53 Å². The fourth-order valence-electron chi connectivity index (χ4n) is 1.90. The third-order valence-corrected chi connectivity index (χ3v) is 3.27. The van der Waals surface area contributed by atoms with Crippen molar-refractivity contribution in [3.63, 3.8) is 0 Å². The van der Waals surface area contributed by atoms with Gasteiger partial charge in [-0.15, -0.1) is 0 Å². The molecule has 0 amide bonds. The van der Waals surface area contributed by atoms with Gasteiger partial charge in [0.2, 0.25) is 0 Å². The Kier molecular flexibility index (Phi) is 5.35. The van der Waals surface area contributed by atoms with Gasteiger partial charge < -0.3 is 10.5 Å². The van der Waals surface area contributed by atoms with Gasteiger partial charge in [-0.05, 0) is 42.4 Å². The summed E-state index contributed by atoms with van der Waals surface area (Å²) in [6, 6.07) is 5.97. The molecule has 1 unspecified atom stereocenters. The lowest BCUT2D eigenvalue weighted by atomic mass is 9.94. The number of hydrogen-bond donors (Lipinski definition) is 1. The van der Waals surface area contributed by atoms with Crippen molar-refractivity contribution in [3.05, 3.63) is 34.9 Å². The Morgan fingerprint density at radius 2 is 2.06 bits per heavy atom. The van der Waals surface area contributed by atoms with E-state index in [0.717, 1.165) is 6.42 Å². The maximum Gasteiger partial charge on any atom is 0.322 e. The number of carbonyl (C=O) groups excluding carboxylic acids is 1. The number of rotatable bonds is 5. The summed E-state index contributed by atoms with van der Waals surface area (Å²) >= 11 is 0. The Bertz CT molecular complexity index is 413. The van der Waals surface area contributed by atoms with E-state index in [-0.39, 0.29) is 5.97 Å². The van der Waals surface area contributed by atoms with E-state index in [0.29, 0.717) is 12.3 Å². The topological polar surface area (TPSA) is 52.3 Å². The maximum absolute atomic E-state index is 11.2. The summed E-state index contributed by atoms with van der Waals surface area (Å²) in [5, 5.41) is 0. The van der Waals surface area contributed by atoms with E-state index in [4.69, 9.17) is 5.73 Å². The third kappa shape index (κ3) is 3.84. The lowest BCUT2D eigenvalue weighted by Gasteiger charge is -2.13. The van der Waals surface area contributed by atoms with Gasteiger partial charge in [-0.1, -0.05) is 32.0 Å². The summed E-state index contributed by atoms with van der Waals surface area (Å²) in [6.45, 7) is 6.44. The molecular formula is C15H23NO2. The van der Waals surface area contributed by atoms with Crippen LogP contribution < -0.4 is 5.73 Å². The molecule has 0 aromatic heterocycles. The van der Waals surface area contributed by atoms with Gasteiger partial charge in [0.05, 0.1) is 7.11 Å². The molecule has 0 heterocycles. The van der Waals surface area contributed by atoms with E-state index in [2.05, 4.69) is 43.7 Å². The molecular weight excluding hydrogens is 226 g/mol. The predicted molar refractivity (Wildman–Crippen MR) is 73.6 cm³/mol. The Balaban J connectivity index is 2.72.